The Balaban J connectivity index is 1.72. The highest BCUT2D eigenvalue weighted by atomic mass is 32.2. The summed E-state index contributed by atoms with van der Waals surface area (Å²) in [5.74, 6) is 0.0252. The summed E-state index contributed by atoms with van der Waals surface area (Å²) in [6.07, 6.45) is -0.675. The maximum absolute atomic E-state index is 13.6. The number of hydrogen-bond donors (Lipinski definition) is 3. The van der Waals surface area contributed by atoms with Crippen molar-refractivity contribution >= 4 is 11.8 Å². The Morgan fingerprint density at radius 2 is 1.96 bits per heavy atom. The van der Waals surface area contributed by atoms with Gasteiger partial charge in [-0.3, -0.25) is 4.98 Å². The first-order chi connectivity index (χ1) is 11.1. The highest BCUT2D eigenvalue weighted by molar-refractivity contribution is 7.99. The molecule has 2 aromatic heterocycles. The first kappa shape index (κ1) is 16.1. The van der Waals surface area contributed by atoms with Gasteiger partial charge >= 0.3 is 0 Å². The lowest BCUT2D eigenvalue weighted by Gasteiger charge is -2.34. The molecule has 6 nitrogen and oxygen atoms in total. The Bertz CT molecular complexity index is 673. The Hall–Kier alpha value is -1.74. The average Bonchev–Trinajstić information content (AvgIpc) is 2.57. The number of thioether (sulfide) groups is 1. The fourth-order valence-electron chi connectivity index (χ4n) is 2.20. The van der Waals surface area contributed by atoms with Gasteiger partial charge in [0.05, 0.1) is 23.6 Å². The predicted octanol–water partition coefficient (Wildman–Crippen LogP) is 0.817. The van der Waals surface area contributed by atoms with Crippen molar-refractivity contribution in [3.8, 4) is 17.0 Å². The van der Waals surface area contributed by atoms with Gasteiger partial charge in [0.15, 0.2) is 5.44 Å². The summed E-state index contributed by atoms with van der Waals surface area (Å²) in [5.41, 5.74) is -0.0175. The zero-order valence-electron chi connectivity index (χ0n) is 11.9. The Morgan fingerprint density at radius 1 is 1.13 bits per heavy atom. The Kier molecular flexibility index (Phi) is 4.76. The number of rotatable bonds is 3. The van der Waals surface area contributed by atoms with Crippen molar-refractivity contribution in [3.63, 3.8) is 0 Å². The van der Waals surface area contributed by atoms with Gasteiger partial charge in [-0.05, 0) is 24.3 Å². The molecule has 122 valence electrons. The van der Waals surface area contributed by atoms with Gasteiger partial charge in [0, 0.05) is 11.9 Å². The van der Waals surface area contributed by atoms with Crippen LogP contribution < -0.4 is 4.74 Å². The highest BCUT2D eigenvalue weighted by Gasteiger charge is 2.38. The van der Waals surface area contributed by atoms with Crippen molar-refractivity contribution in [3.05, 3.63) is 42.6 Å². The zero-order chi connectivity index (χ0) is 16.4. The summed E-state index contributed by atoms with van der Waals surface area (Å²) in [6, 6.07) is 6.37. The van der Waals surface area contributed by atoms with E-state index in [0.717, 1.165) is 0 Å². The molecule has 3 rings (SSSR count). The van der Waals surface area contributed by atoms with Gasteiger partial charge in [0.1, 0.15) is 18.0 Å². The molecule has 0 aromatic carbocycles. The van der Waals surface area contributed by atoms with E-state index in [4.69, 9.17) is 4.74 Å². The smallest absolute Gasteiger partial charge is 0.222 e. The van der Waals surface area contributed by atoms with Crippen molar-refractivity contribution < 1.29 is 24.4 Å². The van der Waals surface area contributed by atoms with Crippen LogP contribution in [-0.4, -0.2) is 54.8 Å². The molecule has 1 saturated heterocycles. The zero-order valence-corrected chi connectivity index (χ0v) is 12.7. The fourth-order valence-corrected chi connectivity index (χ4v) is 3.32. The van der Waals surface area contributed by atoms with Crippen LogP contribution in [0.1, 0.15) is 0 Å². The second-order valence-electron chi connectivity index (χ2n) is 5.09. The molecule has 0 amide bonds. The molecular weight excluding hydrogens is 323 g/mol. The number of hydrogen-bond acceptors (Lipinski definition) is 7. The minimum Gasteiger partial charge on any atom is -0.475 e. The molecule has 3 heterocycles. The van der Waals surface area contributed by atoms with Gasteiger partial charge in [-0.2, -0.15) is 4.39 Å². The van der Waals surface area contributed by atoms with Crippen LogP contribution >= 0.6 is 11.8 Å². The molecule has 0 bridgehead atoms. The van der Waals surface area contributed by atoms with E-state index in [2.05, 4.69) is 9.97 Å². The number of ether oxygens (including phenoxy) is 1. The van der Waals surface area contributed by atoms with Crippen LogP contribution in [0.2, 0.25) is 0 Å². The lowest BCUT2D eigenvalue weighted by Crippen LogP contribution is -2.50. The average molecular weight is 338 g/mol. The molecule has 0 saturated carbocycles. The molecule has 0 spiro atoms. The molecule has 1 aliphatic rings. The Labute approximate surface area is 136 Å². The van der Waals surface area contributed by atoms with E-state index in [9.17, 15) is 19.7 Å². The van der Waals surface area contributed by atoms with Gasteiger partial charge in [0.2, 0.25) is 5.95 Å². The quantitative estimate of drug-likeness (QED) is 0.713. The molecule has 2 aromatic rings. The highest BCUT2D eigenvalue weighted by Crippen LogP contribution is 2.29. The number of pyridine rings is 2. The molecule has 23 heavy (non-hydrogen) atoms. The van der Waals surface area contributed by atoms with Crippen LogP contribution in [0.5, 0.6) is 5.75 Å². The normalized spacial score (nSPS) is 27.7. The van der Waals surface area contributed by atoms with E-state index in [0.29, 0.717) is 11.4 Å². The third-order valence-corrected chi connectivity index (χ3v) is 4.72. The van der Waals surface area contributed by atoms with Crippen molar-refractivity contribution in [2.24, 2.45) is 0 Å². The molecule has 8 heteroatoms. The molecule has 0 unspecified atom stereocenters. The van der Waals surface area contributed by atoms with E-state index in [-0.39, 0.29) is 11.3 Å². The maximum atomic E-state index is 13.6. The maximum Gasteiger partial charge on any atom is 0.222 e. The summed E-state index contributed by atoms with van der Waals surface area (Å²) in [4.78, 5) is 7.70. The van der Waals surface area contributed by atoms with E-state index >= 15 is 0 Å². The van der Waals surface area contributed by atoms with Gasteiger partial charge in [-0.25, -0.2) is 4.98 Å². The third-order valence-electron chi connectivity index (χ3n) is 3.48. The summed E-state index contributed by atoms with van der Waals surface area (Å²) in [6.45, 7) is 0. The number of nitrogens with zero attached hydrogens (tertiary/aromatic N) is 2. The van der Waals surface area contributed by atoms with E-state index in [1.165, 1.54) is 24.2 Å². The van der Waals surface area contributed by atoms with Crippen molar-refractivity contribution in [1.82, 2.24) is 9.97 Å². The third kappa shape index (κ3) is 3.45. The molecular formula is C15H15FN2O4S. The van der Waals surface area contributed by atoms with Gasteiger partial charge < -0.3 is 20.1 Å². The minimum atomic E-state index is -1.25. The largest absolute Gasteiger partial charge is 0.475 e. The molecule has 0 aliphatic carbocycles. The first-order valence-corrected chi connectivity index (χ1v) is 8.00. The molecule has 0 radical (unpaired) electrons. The van der Waals surface area contributed by atoms with Gasteiger partial charge in [-0.15, -0.1) is 11.8 Å². The summed E-state index contributed by atoms with van der Waals surface area (Å²) in [7, 11) is 0. The van der Waals surface area contributed by atoms with Gasteiger partial charge in [0.25, 0.3) is 0 Å². The molecule has 1 fully saturated rings. The number of aliphatic hydroxyl groups is 3. The number of halogens is 1. The van der Waals surface area contributed by atoms with Gasteiger partial charge in [-0.1, -0.05) is 0 Å². The number of aromatic nitrogens is 2. The van der Waals surface area contributed by atoms with Crippen LogP contribution in [0.3, 0.4) is 0 Å². The minimum absolute atomic E-state index is 0.259. The van der Waals surface area contributed by atoms with Crippen molar-refractivity contribution in [2.45, 2.75) is 23.7 Å². The topological polar surface area (TPSA) is 95.7 Å². The molecule has 4 atom stereocenters. The SMILES string of the molecule is O[C@@H]1[C@@H](O)[C@@H](Oc2ccc(-c3cccnc3F)nc2)SC[C@H]1O. The van der Waals surface area contributed by atoms with Crippen LogP contribution in [0.25, 0.3) is 11.3 Å². The van der Waals surface area contributed by atoms with E-state index in [1.54, 1.807) is 24.3 Å². The van der Waals surface area contributed by atoms with Crippen LogP contribution in [0.4, 0.5) is 4.39 Å². The second kappa shape index (κ2) is 6.79. The Morgan fingerprint density at radius 3 is 2.65 bits per heavy atom. The molecule has 1 aliphatic heterocycles. The summed E-state index contributed by atoms with van der Waals surface area (Å²) in [5, 5.41) is 29.0. The van der Waals surface area contributed by atoms with Crippen molar-refractivity contribution in [1.29, 1.82) is 0 Å². The lowest BCUT2D eigenvalue weighted by molar-refractivity contribution is -0.0786. The van der Waals surface area contributed by atoms with Crippen molar-refractivity contribution in [2.75, 3.05) is 5.75 Å². The monoisotopic (exact) mass is 338 g/mol. The van der Waals surface area contributed by atoms with Crippen LogP contribution in [-0.2, 0) is 0 Å². The van der Waals surface area contributed by atoms with Crippen LogP contribution in [0, 0.1) is 5.95 Å². The standard InChI is InChI=1S/C15H15FN2O4S/c16-14-9(2-1-5-17-14)10-4-3-8(6-18-10)22-15-13(21)12(20)11(19)7-23-15/h1-6,11-13,15,19-21H,7H2/t11-,12+,13-,15+/m1/s1. The van der Waals surface area contributed by atoms with E-state index < -0.39 is 29.7 Å². The van der Waals surface area contributed by atoms with Crippen LogP contribution in [0.15, 0.2) is 36.7 Å². The predicted molar refractivity (Wildman–Crippen MR) is 82.3 cm³/mol. The first-order valence-electron chi connectivity index (χ1n) is 6.95. The summed E-state index contributed by atoms with van der Waals surface area (Å²) >= 11 is 1.20. The second-order valence-corrected chi connectivity index (χ2v) is 6.22. The summed E-state index contributed by atoms with van der Waals surface area (Å²) < 4.78 is 19.2. The molecule has 3 N–H and O–H groups in total. The number of aliphatic hydroxyl groups excluding tert-OH is 3. The van der Waals surface area contributed by atoms with E-state index in [1.807, 2.05) is 0 Å². The fraction of sp³-hybridized carbons (Fsp3) is 0.333. The lowest BCUT2D eigenvalue weighted by atomic mass is 10.1.